The number of hydrogen-bond donors (Lipinski definition) is 1. The van der Waals surface area contributed by atoms with Crippen molar-refractivity contribution < 1.29 is 35.2 Å². The van der Waals surface area contributed by atoms with Crippen LogP contribution >= 0.6 is 0 Å². The molecule has 2 N–H and O–H groups in total. The number of rotatable bonds is 3. The number of nitrogen functional groups attached to an aromatic ring is 1. The molecule has 0 aliphatic carbocycles. The molecule has 0 bridgehead atoms. The van der Waals surface area contributed by atoms with Crippen molar-refractivity contribution in [2.24, 2.45) is 0 Å². The predicted molar refractivity (Wildman–Crippen MR) is 86.4 cm³/mol. The van der Waals surface area contributed by atoms with Gasteiger partial charge in [0.1, 0.15) is 0 Å². The molecule has 150 valence electrons. The van der Waals surface area contributed by atoms with Crippen LogP contribution in [0.5, 0.6) is 0 Å². The molecule has 28 heavy (non-hydrogen) atoms. The molecule has 1 saturated heterocycles. The number of nitrogens with two attached hydrogens (primary N) is 1. The van der Waals surface area contributed by atoms with Crippen LogP contribution < -0.4 is 5.73 Å². The topological polar surface area (TPSA) is 93.4 Å². The van der Waals surface area contributed by atoms with E-state index in [9.17, 15) is 35.2 Å². The first-order valence-electron chi connectivity index (χ1n) is 7.66. The largest absolute Gasteiger partial charge is 0.416 e. The van der Waals surface area contributed by atoms with Gasteiger partial charge in [-0.1, -0.05) is 0 Å². The van der Waals surface area contributed by atoms with Gasteiger partial charge < -0.3 is 10.6 Å². The molecule has 1 fully saturated rings. The fourth-order valence-corrected chi connectivity index (χ4v) is 3.79. The summed E-state index contributed by atoms with van der Waals surface area (Å²) in [5, 5.41) is 0. The summed E-state index contributed by atoms with van der Waals surface area (Å²) in [7, 11) is -4.25. The zero-order chi connectivity index (χ0) is 20.9. The fourth-order valence-electron chi connectivity index (χ4n) is 2.55. The van der Waals surface area contributed by atoms with Crippen LogP contribution in [-0.4, -0.2) is 43.2 Å². The van der Waals surface area contributed by atoms with E-state index in [1.165, 1.54) is 0 Å². The average molecular weight is 421 g/mol. The summed E-state index contributed by atoms with van der Waals surface area (Å²) in [6.45, 7) is -1.59. The second-order valence-corrected chi connectivity index (χ2v) is 8.10. The van der Waals surface area contributed by atoms with Gasteiger partial charge in [0, 0.05) is 6.20 Å². The van der Waals surface area contributed by atoms with Crippen LogP contribution in [0.15, 0.2) is 46.3 Å². The SMILES string of the molecule is Nc1cc(S(=O)(=O)c2ccc(C(F)(F)F)cc2)cnc1C(=O)N1CC(F)(F)C1. The fraction of sp³-hybridized carbons (Fsp3) is 0.250. The van der Waals surface area contributed by atoms with Crippen molar-refractivity contribution in [1.29, 1.82) is 0 Å². The molecule has 1 aromatic heterocycles. The van der Waals surface area contributed by atoms with E-state index < -0.39 is 56.3 Å². The molecule has 1 aliphatic rings. The molecule has 12 heteroatoms. The average Bonchev–Trinajstić information content (AvgIpc) is 2.58. The highest BCUT2D eigenvalue weighted by atomic mass is 32.2. The molecule has 0 saturated carbocycles. The molecule has 1 aliphatic heterocycles. The molecule has 0 spiro atoms. The van der Waals surface area contributed by atoms with Crippen LogP contribution in [0.4, 0.5) is 27.6 Å². The van der Waals surface area contributed by atoms with Gasteiger partial charge in [-0.05, 0) is 30.3 Å². The monoisotopic (exact) mass is 421 g/mol. The summed E-state index contributed by atoms with van der Waals surface area (Å²) in [6.07, 6.45) is -3.82. The summed E-state index contributed by atoms with van der Waals surface area (Å²) >= 11 is 0. The minimum Gasteiger partial charge on any atom is -0.397 e. The minimum atomic E-state index is -4.62. The summed E-state index contributed by atoms with van der Waals surface area (Å²) < 4.78 is 88.6. The van der Waals surface area contributed by atoms with E-state index >= 15 is 0 Å². The molecule has 0 unspecified atom stereocenters. The summed E-state index contributed by atoms with van der Waals surface area (Å²) in [5.74, 6) is -3.86. The van der Waals surface area contributed by atoms with Gasteiger partial charge in [0.15, 0.2) is 5.69 Å². The van der Waals surface area contributed by atoms with Crippen LogP contribution in [0, 0.1) is 0 Å². The first kappa shape index (κ1) is 20.0. The molecule has 2 heterocycles. The molecule has 6 nitrogen and oxygen atoms in total. The Morgan fingerprint density at radius 2 is 1.68 bits per heavy atom. The van der Waals surface area contributed by atoms with E-state index in [1.54, 1.807) is 0 Å². The zero-order valence-corrected chi connectivity index (χ0v) is 14.7. The number of anilines is 1. The third kappa shape index (κ3) is 3.63. The number of nitrogens with zero attached hydrogens (tertiary/aromatic N) is 2. The van der Waals surface area contributed by atoms with Crippen molar-refractivity contribution in [3.05, 3.63) is 47.8 Å². The Bertz CT molecular complexity index is 1030. The van der Waals surface area contributed by atoms with E-state index in [1.807, 2.05) is 0 Å². The number of carbonyl (C=O) groups is 1. The summed E-state index contributed by atoms with van der Waals surface area (Å²) in [4.78, 5) is 15.7. The van der Waals surface area contributed by atoms with Gasteiger partial charge in [-0.15, -0.1) is 0 Å². The third-order valence-electron chi connectivity index (χ3n) is 4.03. The quantitative estimate of drug-likeness (QED) is 0.769. The third-order valence-corrected chi connectivity index (χ3v) is 5.77. The number of carbonyl (C=O) groups excluding carboxylic acids is 1. The first-order chi connectivity index (χ1) is 12.8. The maximum atomic E-state index is 12.9. The lowest BCUT2D eigenvalue weighted by molar-refractivity contribution is -0.137. The number of sulfone groups is 1. The van der Waals surface area contributed by atoms with E-state index in [0.29, 0.717) is 12.1 Å². The van der Waals surface area contributed by atoms with Gasteiger partial charge in [0.2, 0.25) is 9.84 Å². The van der Waals surface area contributed by atoms with Gasteiger partial charge in [-0.25, -0.2) is 22.2 Å². The van der Waals surface area contributed by atoms with Crippen molar-refractivity contribution in [2.75, 3.05) is 18.8 Å². The van der Waals surface area contributed by atoms with Crippen LogP contribution in [0.25, 0.3) is 0 Å². The smallest absolute Gasteiger partial charge is 0.397 e. The Morgan fingerprint density at radius 3 is 2.14 bits per heavy atom. The van der Waals surface area contributed by atoms with Crippen molar-refractivity contribution in [1.82, 2.24) is 9.88 Å². The lowest BCUT2D eigenvalue weighted by Crippen LogP contribution is -2.58. The lowest BCUT2D eigenvalue weighted by atomic mass is 10.1. The van der Waals surface area contributed by atoms with Crippen molar-refractivity contribution in [2.45, 2.75) is 21.9 Å². The van der Waals surface area contributed by atoms with E-state index in [2.05, 4.69) is 4.98 Å². The predicted octanol–water partition coefficient (Wildman–Crippen LogP) is 2.61. The highest BCUT2D eigenvalue weighted by molar-refractivity contribution is 7.91. The van der Waals surface area contributed by atoms with E-state index in [4.69, 9.17) is 5.73 Å². The Kier molecular flexibility index (Phi) is 4.57. The van der Waals surface area contributed by atoms with Gasteiger partial charge in [0.05, 0.1) is 34.1 Å². The number of amides is 1. The van der Waals surface area contributed by atoms with Crippen LogP contribution in [-0.2, 0) is 16.0 Å². The molecule has 1 aromatic carbocycles. The van der Waals surface area contributed by atoms with Gasteiger partial charge in [-0.2, -0.15) is 13.2 Å². The molecule has 3 rings (SSSR count). The Hall–Kier alpha value is -2.76. The summed E-state index contributed by atoms with van der Waals surface area (Å²) in [5.41, 5.74) is 3.89. The minimum absolute atomic E-state index is 0.354. The number of aromatic nitrogens is 1. The number of hydrogen-bond acceptors (Lipinski definition) is 5. The molecule has 0 radical (unpaired) electrons. The van der Waals surface area contributed by atoms with E-state index in [-0.39, 0.29) is 11.4 Å². The van der Waals surface area contributed by atoms with Crippen LogP contribution in [0.2, 0.25) is 0 Å². The molecule has 0 atom stereocenters. The van der Waals surface area contributed by atoms with Gasteiger partial charge in [-0.3, -0.25) is 4.79 Å². The highest BCUT2D eigenvalue weighted by Crippen LogP contribution is 2.32. The number of alkyl halides is 5. The van der Waals surface area contributed by atoms with Gasteiger partial charge in [0.25, 0.3) is 11.8 Å². The highest BCUT2D eigenvalue weighted by Gasteiger charge is 2.47. The Morgan fingerprint density at radius 1 is 1.11 bits per heavy atom. The number of halogens is 5. The maximum Gasteiger partial charge on any atom is 0.416 e. The van der Waals surface area contributed by atoms with Crippen molar-refractivity contribution in [3.8, 4) is 0 Å². The molecular weight excluding hydrogens is 409 g/mol. The standard InChI is InChI=1S/C16H12F5N3O3S/c17-15(18)7-24(8-15)14(25)13-12(22)5-11(6-23-13)28(26,27)10-3-1-9(2-4-10)16(19,20)21/h1-6H,7-8,22H2. The number of pyridine rings is 1. The molecular formula is C16H12F5N3O3S. The van der Waals surface area contributed by atoms with E-state index in [0.717, 1.165) is 29.3 Å². The van der Waals surface area contributed by atoms with Crippen LogP contribution in [0.1, 0.15) is 16.1 Å². The second kappa shape index (κ2) is 6.40. The maximum absolute atomic E-state index is 12.9. The second-order valence-electron chi connectivity index (χ2n) is 6.15. The van der Waals surface area contributed by atoms with Gasteiger partial charge >= 0.3 is 6.18 Å². The Balaban J connectivity index is 1.87. The summed E-state index contributed by atoms with van der Waals surface area (Å²) in [6, 6.07) is 3.72. The van der Waals surface area contributed by atoms with Crippen LogP contribution in [0.3, 0.4) is 0 Å². The number of likely N-dealkylation sites (tertiary alicyclic amines) is 1. The van der Waals surface area contributed by atoms with Crippen molar-refractivity contribution in [3.63, 3.8) is 0 Å². The lowest BCUT2D eigenvalue weighted by Gasteiger charge is -2.38. The zero-order valence-electron chi connectivity index (χ0n) is 13.9. The normalized spacial score (nSPS) is 16.5. The number of benzene rings is 1. The molecule has 2 aromatic rings. The molecule has 1 amide bonds. The Labute approximate surface area is 155 Å². The first-order valence-corrected chi connectivity index (χ1v) is 9.14. The van der Waals surface area contributed by atoms with Crippen molar-refractivity contribution >= 4 is 21.4 Å².